The lowest BCUT2D eigenvalue weighted by Crippen LogP contribution is -2.33. The highest BCUT2D eigenvalue weighted by atomic mass is 32.2. The zero-order valence-electron chi connectivity index (χ0n) is 13.4. The van der Waals surface area contributed by atoms with Crippen LogP contribution >= 0.6 is 24.0 Å². The van der Waals surface area contributed by atoms with Crippen LogP contribution in [-0.2, 0) is 11.3 Å². The molecule has 0 radical (unpaired) electrons. The largest absolute Gasteiger partial charge is 0.467 e. The SMILES string of the molecule is O=C(CSC(=S)N1CCCC1)N(Cc1ccco1)c1ccccc1. The summed E-state index contributed by atoms with van der Waals surface area (Å²) in [5, 5.41) is 0. The highest BCUT2D eigenvalue weighted by Gasteiger charge is 2.20. The number of benzene rings is 1. The second-order valence-corrected chi connectivity index (χ2v) is 7.25. The Balaban J connectivity index is 1.65. The second-order valence-electron chi connectivity index (χ2n) is 5.64. The van der Waals surface area contributed by atoms with Crippen LogP contribution in [0.3, 0.4) is 0 Å². The van der Waals surface area contributed by atoms with Gasteiger partial charge in [-0.15, -0.1) is 0 Å². The molecular formula is C18H20N2O2S2. The van der Waals surface area contributed by atoms with Gasteiger partial charge >= 0.3 is 0 Å². The van der Waals surface area contributed by atoms with Gasteiger partial charge in [0.1, 0.15) is 10.1 Å². The van der Waals surface area contributed by atoms with Crippen LogP contribution in [0.5, 0.6) is 0 Å². The molecule has 6 heteroatoms. The lowest BCUT2D eigenvalue weighted by Gasteiger charge is -2.23. The van der Waals surface area contributed by atoms with Crippen molar-refractivity contribution in [3.8, 4) is 0 Å². The number of hydrogen-bond acceptors (Lipinski definition) is 4. The Hall–Kier alpha value is -1.79. The van der Waals surface area contributed by atoms with Gasteiger partial charge < -0.3 is 14.2 Å². The van der Waals surface area contributed by atoms with Crippen molar-refractivity contribution in [2.45, 2.75) is 19.4 Å². The normalized spacial score (nSPS) is 13.9. The number of amides is 1. The molecule has 1 aromatic heterocycles. The first-order valence-corrected chi connectivity index (χ1v) is 9.43. The van der Waals surface area contributed by atoms with Crippen molar-refractivity contribution in [3.63, 3.8) is 0 Å². The number of anilines is 1. The van der Waals surface area contributed by atoms with Gasteiger partial charge in [-0.05, 0) is 37.1 Å². The zero-order valence-corrected chi connectivity index (χ0v) is 15.0. The van der Waals surface area contributed by atoms with Gasteiger partial charge in [-0.3, -0.25) is 4.79 Å². The third-order valence-corrected chi connectivity index (χ3v) is 5.45. The van der Waals surface area contributed by atoms with Gasteiger partial charge in [0.25, 0.3) is 0 Å². The Morgan fingerprint density at radius 1 is 1.17 bits per heavy atom. The molecule has 1 fully saturated rings. The molecule has 126 valence electrons. The zero-order chi connectivity index (χ0) is 16.8. The molecular weight excluding hydrogens is 340 g/mol. The molecule has 1 aliphatic rings. The number of para-hydroxylation sites is 1. The highest BCUT2D eigenvalue weighted by molar-refractivity contribution is 8.23. The molecule has 1 amide bonds. The Labute approximate surface area is 151 Å². The summed E-state index contributed by atoms with van der Waals surface area (Å²) in [6.07, 6.45) is 3.99. The smallest absolute Gasteiger partial charge is 0.237 e. The van der Waals surface area contributed by atoms with Gasteiger partial charge in [-0.1, -0.05) is 42.2 Å². The summed E-state index contributed by atoms with van der Waals surface area (Å²) >= 11 is 6.90. The van der Waals surface area contributed by atoms with Gasteiger partial charge in [-0.2, -0.15) is 0 Å². The van der Waals surface area contributed by atoms with Crippen molar-refractivity contribution in [2.75, 3.05) is 23.7 Å². The summed E-state index contributed by atoms with van der Waals surface area (Å²) in [6, 6.07) is 13.4. The second kappa shape index (κ2) is 8.35. The summed E-state index contributed by atoms with van der Waals surface area (Å²) in [5.74, 6) is 1.13. The van der Waals surface area contributed by atoms with Gasteiger partial charge in [0.2, 0.25) is 5.91 Å². The molecule has 0 aliphatic carbocycles. The molecule has 0 bridgehead atoms. The molecule has 24 heavy (non-hydrogen) atoms. The van der Waals surface area contributed by atoms with E-state index in [0.29, 0.717) is 12.3 Å². The van der Waals surface area contributed by atoms with Crippen LogP contribution in [0.1, 0.15) is 18.6 Å². The average Bonchev–Trinajstić information content (AvgIpc) is 3.31. The topological polar surface area (TPSA) is 36.7 Å². The van der Waals surface area contributed by atoms with E-state index in [1.165, 1.54) is 24.6 Å². The fourth-order valence-corrected chi connectivity index (χ4v) is 3.81. The first kappa shape index (κ1) is 17.0. The summed E-state index contributed by atoms with van der Waals surface area (Å²) < 4.78 is 6.23. The number of furan rings is 1. The van der Waals surface area contributed by atoms with E-state index in [2.05, 4.69) is 4.90 Å². The number of carbonyl (C=O) groups is 1. The van der Waals surface area contributed by atoms with E-state index in [-0.39, 0.29) is 5.91 Å². The molecule has 1 aliphatic heterocycles. The number of nitrogens with zero attached hydrogens (tertiary/aromatic N) is 2. The number of rotatable bonds is 5. The van der Waals surface area contributed by atoms with Crippen LogP contribution < -0.4 is 4.90 Å². The standard InChI is InChI=1S/C18H20N2O2S2/c21-17(14-24-18(23)19-10-4-5-11-19)20(13-16-9-6-12-22-16)15-7-2-1-3-8-15/h1-3,6-9,12H,4-5,10-11,13-14H2. The van der Waals surface area contributed by atoms with Gasteiger partial charge in [-0.25, -0.2) is 0 Å². The molecule has 0 N–H and O–H groups in total. The number of hydrogen-bond donors (Lipinski definition) is 0. The van der Waals surface area contributed by atoms with E-state index in [0.717, 1.165) is 28.9 Å². The van der Waals surface area contributed by atoms with Crippen molar-refractivity contribution < 1.29 is 9.21 Å². The first-order chi connectivity index (χ1) is 11.7. The van der Waals surface area contributed by atoms with E-state index in [1.807, 2.05) is 42.5 Å². The van der Waals surface area contributed by atoms with E-state index < -0.39 is 0 Å². The van der Waals surface area contributed by atoms with Gasteiger partial charge in [0.05, 0.1) is 18.6 Å². The predicted molar refractivity (Wildman–Crippen MR) is 102 cm³/mol. The number of thioether (sulfide) groups is 1. The quantitative estimate of drug-likeness (QED) is 0.755. The monoisotopic (exact) mass is 360 g/mol. The summed E-state index contributed by atoms with van der Waals surface area (Å²) in [5.41, 5.74) is 0.867. The van der Waals surface area contributed by atoms with Crippen LogP contribution in [-0.4, -0.2) is 34.0 Å². The molecule has 0 spiro atoms. The average molecular weight is 361 g/mol. The molecule has 2 heterocycles. The van der Waals surface area contributed by atoms with Crippen molar-refractivity contribution in [3.05, 3.63) is 54.5 Å². The lowest BCUT2D eigenvalue weighted by atomic mass is 10.2. The molecule has 0 unspecified atom stereocenters. The number of carbonyl (C=O) groups excluding carboxylic acids is 1. The number of likely N-dealkylation sites (tertiary alicyclic amines) is 1. The molecule has 0 saturated carbocycles. The minimum atomic E-state index is 0.0316. The molecule has 2 aromatic rings. The fraction of sp³-hybridized carbons (Fsp3) is 0.333. The van der Waals surface area contributed by atoms with E-state index >= 15 is 0 Å². The minimum Gasteiger partial charge on any atom is -0.467 e. The van der Waals surface area contributed by atoms with Crippen LogP contribution in [0, 0.1) is 0 Å². The maximum absolute atomic E-state index is 12.8. The molecule has 1 saturated heterocycles. The van der Waals surface area contributed by atoms with E-state index in [9.17, 15) is 4.79 Å². The molecule has 0 atom stereocenters. The first-order valence-electron chi connectivity index (χ1n) is 8.03. The van der Waals surface area contributed by atoms with Crippen LogP contribution in [0.15, 0.2) is 53.1 Å². The van der Waals surface area contributed by atoms with E-state index in [1.54, 1.807) is 11.2 Å². The van der Waals surface area contributed by atoms with Crippen molar-refractivity contribution in [2.24, 2.45) is 0 Å². The van der Waals surface area contributed by atoms with Crippen molar-refractivity contribution in [1.29, 1.82) is 0 Å². The third kappa shape index (κ3) is 4.39. The van der Waals surface area contributed by atoms with Crippen LogP contribution in [0.25, 0.3) is 0 Å². The summed E-state index contributed by atoms with van der Waals surface area (Å²) in [4.78, 5) is 16.7. The molecule has 4 nitrogen and oxygen atoms in total. The van der Waals surface area contributed by atoms with Crippen molar-refractivity contribution in [1.82, 2.24) is 4.90 Å². The highest BCUT2D eigenvalue weighted by Crippen LogP contribution is 2.21. The predicted octanol–water partition coefficient (Wildman–Crippen LogP) is 3.93. The van der Waals surface area contributed by atoms with Gasteiger partial charge in [0, 0.05) is 18.8 Å². The van der Waals surface area contributed by atoms with Crippen molar-refractivity contribution >= 4 is 39.9 Å². The minimum absolute atomic E-state index is 0.0316. The molecule has 1 aromatic carbocycles. The fourth-order valence-electron chi connectivity index (χ4n) is 2.68. The molecule has 3 rings (SSSR count). The Kier molecular flexibility index (Phi) is 5.93. The van der Waals surface area contributed by atoms with Gasteiger partial charge in [0.15, 0.2) is 0 Å². The Bertz CT molecular complexity index is 668. The Morgan fingerprint density at radius 2 is 1.92 bits per heavy atom. The Morgan fingerprint density at radius 3 is 2.58 bits per heavy atom. The maximum atomic E-state index is 12.8. The maximum Gasteiger partial charge on any atom is 0.237 e. The number of thiocarbonyl (C=S) groups is 1. The summed E-state index contributed by atoms with van der Waals surface area (Å²) in [6.45, 7) is 2.44. The van der Waals surface area contributed by atoms with E-state index in [4.69, 9.17) is 16.6 Å². The van der Waals surface area contributed by atoms with Crippen LogP contribution in [0.2, 0.25) is 0 Å². The third-order valence-electron chi connectivity index (χ3n) is 3.95. The lowest BCUT2D eigenvalue weighted by molar-refractivity contribution is -0.116. The summed E-state index contributed by atoms with van der Waals surface area (Å²) in [7, 11) is 0. The van der Waals surface area contributed by atoms with Crippen LogP contribution in [0.4, 0.5) is 5.69 Å².